The van der Waals surface area contributed by atoms with E-state index in [4.69, 9.17) is 0 Å². The molecule has 2 aliphatic rings. The van der Waals surface area contributed by atoms with Gasteiger partial charge in [0.05, 0.1) is 33.5 Å². The highest BCUT2D eigenvalue weighted by molar-refractivity contribution is 8.76. The Labute approximate surface area is 364 Å². The molecule has 14 nitrogen and oxygen atoms in total. The second-order valence-electron chi connectivity index (χ2n) is 14.9. The number of hydrogen-bond acceptors (Lipinski definition) is 10. The number of fused-ring (bicyclic) bond motifs is 4. The molecule has 6 aromatic rings. The lowest BCUT2D eigenvalue weighted by atomic mass is 10.1. The van der Waals surface area contributed by atoms with E-state index in [1.165, 1.54) is 21.6 Å². The molecule has 4 heterocycles. The van der Waals surface area contributed by atoms with Crippen LogP contribution in [0, 0.1) is 0 Å². The average molecular weight is 867 g/mol. The first-order chi connectivity index (χ1) is 30.2. The SMILES string of the molecule is O=C(NCCCCC1NC(=O)c2ccccc2NC1=O)c1cc(SSc2cc(C(=O)NCCCCC3NC(=O)c4ccccc4NC3=O)cc3cccnc23)c2ncccc2c1. The number of anilines is 2. The number of benzene rings is 4. The van der Waals surface area contributed by atoms with Crippen molar-refractivity contribution in [1.82, 2.24) is 31.2 Å². The number of nitrogens with zero attached hydrogens (tertiary/aromatic N) is 2. The summed E-state index contributed by atoms with van der Waals surface area (Å²) in [6.45, 7) is 0.753. The molecule has 0 saturated carbocycles. The maximum absolute atomic E-state index is 13.5. The van der Waals surface area contributed by atoms with Crippen LogP contribution in [0.4, 0.5) is 11.4 Å². The van der Waals surface area contributed by atoms with Crippen molar-refractivity contribution in [3.8, 4) is 0 Å². The van der Waals surface area contributed by atoms with Gasteiger partial charge in [0.2, 0.25) is 11.8 Å². The number of carbonyl (C=O) groups excluding carboxylic acids is 6. The molecule has 0 saturated heterocycles. The molecule has 314 valence electrons. The van der Waals surface area contributed by atoms with Crippen molar-refractivity contribution < 1.29 is 28.8 Å². The average Bonchev–Trinajstić information content (AvgIpc) is 3.49. The van der Waals surface area contributed by atoms with Gasteiger partial charge < -0.3 is 31.9 Å². The zero-order chi connectivity index (χ0) is 43.0. The predicted molar refractivity (Wildman–Crippen MR) is 240 cm³/mol. The minimum absolute atomic E-state index is 0.253. The molecular weight excluding hydrogens is 825 g/mol. The summed E-state index contributed by atoms with van der Waals surface area (Å²) in [5.41, 5.74) is 4.20. The zero-order valence-electron chi connectivity index (χ0n) is 33.4. The number of amides is 6. The van der Waals surface area contributed by atoms with Gasteiger partial charge in [-0.15, -0.1) is 0 Å². The number of para-hydroxylation sites is 2. The monoisotopic (exact) mass is 866 g/mol. The zero-order valence-corrected chi connectivity index (χ0v) is 35.0. The van der Waals surface area contributed by atoms with Gasteiger partial charge in [0.1, 0.15) is 12.1 Å². The lowest BCUT2D eigenvalue weighted by Gasteiger charge is -2.15. The maximum Gasteiger partial charge on any atom is 0.254 e. The van der Waals surface area contributed by atoms with E-state index in [9.17, 15) is 28.8 Å². The summed E-state index contributed by atoms with van der Waals surface area (Å²) in [6.07, 6.45) is 6.66. The number of unbranched alkanes of at least 4 members (excludes halogenated alkanes) is 2. The highest BCUT2D eigenvalue weighted by atomic mass is 33.1. The lowest BCUT2D eigenvalue weighted by Crippen LogP contribution is -2.41. The summed E-state index contributed by atoms with van der Waals surface area (Å²) in [5.74, 6) is -1.64. The van der Waals surface area contributed by atoms with Gasteiger partial charge in [-0.05, 0) is 99.2 Å². The number of pyridine rings is 2. The topological polar surface area (TPSA) is 200 Å². The summed E-state index contributed by atoms with van der Waals surface area (Å²) in [4.78, 5) is 88.6. The van der Waals surface area contributed by atoms with Crippen LogP contribution in [0.1, 0.15) is 80.0 Å². The smallest absolute Gasteiger partial charge is 0.254 e. The molecule has 2 aliphatic heterocycles. The van der Waals surface area contributed by atoms with Gasteiger partial charge in [0.25, 0.3) is 23.6 Å². The molecule has 0 fully saturated rings. The van der Waals surface area contributed by atoms with E-state index in [1.807, 2.05) is 24.3 Å². The number of carbonyl (C=O) groups is 6. The first-order valence-electron chi connectivity index (χ1n) is 20.3. The van der Waals surface area contributed by atoms with Crippen LogP contribution in [0.3, 0.4) is 0 Å². The molecule has 0 spiro atoms. The largest absolute Gasteiger partial charge is 0.352 e. The van der Waals surface area contributed by atoms with Gasteiger partial charge in [-0.1, -0.05) is 58.0 Å². The summed E-state index contributed by atoms with van der Waals surface area (Å²) >= 11 is 0. The highest BCUT2D eigenvalue weighted by Gasteiger charge is 2.28. The third-order valence-electron chi connectivity index (χ3n) is 10.6. The van der Waals surface area contributed by atoms with E-state index in [-0.39, 0.29) is 35.4 Å². The Morgan fingerprint density at radius 1 is 0.548 bits per heavy atom. The van der Waals surface area contributed by atoms with E-state index >= 15 is 0 Å². The van der Waals surface area contributed by atoms with Crippen molar-refractivity contribution in [2.24, 2.45) is 0 Å². The first kappa shape index (κ1) is 41.9. The van der Waals surface area contributed by atoms with Crippen LogP contribution in [0.2, 0.25) is 0 Å². The number of aromatic nitrogens is 2. The van der Waals surface area contributed by atoms with E-state index in [2.05, 4.69) is 41.9 Å². The van der Waals surface area contributed by atoms with Gasteiger partial charge in [0, 0.05) is 57.2 Å². The molecule has 4 aromatic carbocycles. The minimum Gasteiger partial charge on any atom is -0.352 e. The summed E-state index contributed by atoms with van der Waals surface area (Å²) < 4.78 is 0. The third-order valence-corrected chi connectivity index (χ3v) is 13.0. The fraction of sp³-hybridized carbons (Fsp3) is 0.217. The second-order valence-corrected chi connectivity index (χ2v) is 17.1. The normalized spacial score (nSPS) is 15.9. The Hall–Kier alpha value is -6.78. The van der Waals surface area contributed by atoms with Crippen molar-refractivity contribution in [2.45, 2.75) is 60.4 Å². The molecule has 0 aliphatic carbocycles. The molecule has 6 N–H and O–H groups in total. The Balaban J connectivity index is 0.862. The van der Waals surface area contributed by atoms with Gasteiger partial charge >= 0.3 is 0 Å². The van der Waals surface area contributed by atoms with E-state index in [0.29, 0.717) is 85.2 Å². The van der Waals surface area contributed by atoms with Gasteiger partial charge in [-0.25, -0.2) is 0 Å². The van der Waals surface area contributed by atoms with Crippen LogP contribution < -0.4 is 31.9 Å². The van der Waals surface area contributed by atoms with Crippen molar-refractivity contribution in [3.05, 3.63) is 132 Å². The summed E-state index contributed by atoms with van der Waals surface area (Å²) in [6, 6.07) is 27.1. The molecule has 2 aromatic heterocycles. The predicted octanol–water partition coefficient (Wildman–Crippen LogP) is 6.88. The Kier molecular flexibility index (Phi) is 13.0. The van der Waals surface area contributed by atoms with Crippen molar-refractivity contribution in [3.63, 3.8) is 0 Å². The van der Waals surface area contributed by atoms with Crippen LogP contribution in [-0.4, -0.2) is 70.6 Å². The fourth-order valence-electron chi connectivity index (χ4n) is 7.38. The molecule has 2 unspecified atom stereocenters. The molecule has 0 radical (unpaired) electrons. The van der Waals surface area contributed by atoms with Crippen LogP contribution in [-0.2, 0) is 9.59 Å². The molecule has 6 amide bonds. The third kappa shape index (κ3) is 9.72. The molecular formula is C46H42N8O6S2. The van der Waals surface area contributed by atoms with Gasteiger partial charge in [-0.3, -0.25) is 38.7 Å². The number of hydrogen-bond donors (Lipinski definition) is 6. The fourth-order valence-corrected chi connectivity index (χ4v) is 9.71. The van der Waals surface area contributed by atoms with E-state index < -0.39 is 12.1 Å². The Bertz CT molecular complexity index is 2550. The van der Waals surface area contributed by atoms with E-state index in [1.54, 1.807) is 85.2 Å². The second kappa shape index (κ2) is 19.3. The van der Waals surface area contributed by atoms with Crippen molar-refractivity contribution in [1.29, 1.82) is 0 Å². The Morgan fingerprint density at radius 3 is 1.44 bits per heavy atom. The van der Waals surface area contributed by atoms with Crippen molar-refractivity contribution in [2.75, 3.05) is 23.7 Å². The van der Waals surface area contributed by atoms with Crippen molar-refractivity contribution >= 4 is 90.2 Å². The standard InChI is InChI=1S/C46H42N8O6S2/c55-41(49-19-7-5-17-35-45(59)51-33-15-3-1-13-31(33)43(57)53-35)29-23-27-11-9-21-47-39(27)37(25-29)61-62-38-26-30(24-28-12-10-22-48-40(28)38)42(56)50-20-8-6-18-36-46(60)52-34-16-4-2-14-32(34)44(58)54-36/h1-4,9-16,21-26,35-36H,5-8,17-20H2,(H,49,55)(H,50,56)(H,51,59)(H,52,60)(H,53,57)(H,54,58). The molecule has 8 rings (SSSR count). The highest BCUT2D eigenvalue weighted by Crippen LogP contribution is 2.43. The summed E-state index contributed by atoms with van der Waals surface area (Å²) in [7, 11) is 2.84. The van der Waals surface area contributed by atoms with Crippen LogP contribution >= 0.6 is 21.6 Å². The molecule has 0 bridgehead atoms. The quantitative estimate of drug-likeness (QED) is 0.0467. The molecule has 16 heteroatoms. The van der Waals surface area contributed by atoms with Gasteiger partial charge in [0.15, 0.2) is 0 Å². The van der Waals surface area contributed by atoms with Crippen LogP contribution in [0.25, 0.3) is 21.8 Å². The molecule has 62 heavy (non-hydrogen) atoms. The summed E-state index contributed by atoms with van der Waals surface area (Å²) in [5, 5.41) is 18.8. The van der Waals surface area contributed by atoms with E-state index in [0.717, 1.165) is 31.6 Å². The Morgan fingerprint density at radius 2 is 0.984 bits per heavy atom. The number of rotatable bonds is 15. The maximum atomic E-state index is 13.5. The molecule has 2 atom stereocenters. The van der Waals surface area contributed by atoms with Gasteiger partial charge in [-0.2, -0.15) is 0 Å². The first-order valence-corrected chi connectivity index (χ1v) is 22.5. The minimum atomic E-state index is -0.677. The van der Waals surface area contributed by atoms with Crippen LogP contribution in [0.5, 0.6) is 0 Å². The number of nitrogens with one attached hydrogen (secondary N) is 6. The lowest BCUT2D eigenvalue weighted by molar-refractivity contribution is -0.118. The van der Waals surface area contributed by atoms with Crippen LogP contribution in [0.15, 0.2) is 119 Å².